The number of phenols is 1. The number of carbonyl (C=O) groups is 1. The van der Waals surface area contributed by atoms with E-state index in [9.17, 15) is 9.90 Å². The van der Waals surface area contributed by atoms with Gasteiger partial charge in [-0.3, -0.25) is 4.79 Å². The molecule has 1 aliphatic carbocycles. The molecule has 0 atom stereocenters. The second kappa shape index (κ2) is 10.4. The van der Waals surface area contributed by atoms with Crippen molar-refractivity contribution in [1.82, 2.24) is 9.80 Å². The molecular formula is C22H34N2O4. The predicted molar refractivity (Wildman–Crippen MR) is 112 cm³/mol. The number of likely N-dealkylation sites (N-methyl/N-ethyl adjacent to an activating group) is 1. The number of benzene rings is 1. The Labute approximate surface area is 168 Å². The molecule has 0 bridgehead atoms. The molecule has 0 heterocycles. The van der Waals surface area contributed by atoms with Crippen LogP contribution in [0.4, 0.5) is 0 Å². The fraction of sp³-hybridized carbons (Fsp3) is 0.591. The van der Waals surface area contributed by atoms with Crippen molar-refractivity contribution in [2.24, 2.45) is 5.92 Å². The minimum absolute atomic E-state index is 0.0208. The van der Waals surface area contributed by atoms with Crippen molar-refractivity contribution in [3.8, 4) is 17.2 Å². The number of ether oxygens (including phenoxy) is 2. The van der Waals surface area contributed by atoms with Gasteiger partial charge in [0.2, 0.25) is 11.7 Å². The molecule has 1 aliphatic rings. The fourth-order valence-corrected chi connectivity index (χ4v) is 3.61. The lowest BCUT2D eigenvalue weighted by atomic mass is 9.86. The van der Waals surface area contributed by atoms with Gasteiger partial charge in [-0.05, 0) is 69.5 Å². The smallest absolute Gasteiger partial charge is 0.246 e. The van der Waals surface area contributed by atoms with Crippen molar-refractivity contribution in [3.63, 3.8) is 0 Å². The van der Waals surface area contributed by atoms with E-state index in [0.717, 1.165) is 37.4 Å². The molecule has 1 aromatic rings. The molecule has 0 aromatic heterocycles. The molecule has 0 unspecified atom stereocenters. The molecule has 1 aromatic carbocycles. The van der Waals surface area contributed by atoms with Gasteiger partial charge in [0.1, 0.15) is 0 Å². The van der Waals surface area contributed by atoms with Crippen molar-refractivity contribution in [1.29, 1.82) is 0 Å². The molecule has 1 saturated carbocycles. The molecule has 1 amide bonds. The van der Waals surface area contributed by atoms with Crippen LogP contribution in [0.25, 0.3) is 6.08 Å². The van der Waals surface area contributed by atoms with Crippen LogP contribution in [0.1, 0.15) is 38.2 Å². The lowest BCUT2D eigenvalue weighted by Gasteiger charge is -2.36. The van der Waals surface area contributed by atoms with Crippen LogP contribution in [0.2, 0.25) is 0 Å². The average molecular weight is 391 g/mol. The molecule has 0 aliphatic heterocycles. The van der Waals surface area contributed by atoms with Gasteiger partial charge >= 0.3 is 0 Å². The minimum atomic E-state index is -0.0441. The summed E-state index contributed by atoms with van der Waals surface area (Å²) in [5, 5.41) is 10.0. The molecule has 0 spiro atoms. The summed E-state index contributed by atoms with van der Waals surface area (Å²) in [5.41, 5.74) is 0.740. The molecular weight excluding hydrogens is 356 g/mol. The number of phenolic OH excluding ortho intramolecular Hbond substituents is 1. The first-order valence-corrected chi connectivity index (χ1v) is 9.94. The van der Waals surface area contributed by atoms with E-state index in [1.807, 2.05) is 19.0 Å². The van der Waals surface area contributed by atoms with Gasteiger partial charge in [-0.1, -0.05) is 6.92 Å². The minimum Gasteiger partial charge on any atom is -0.502 e. The zero-order chi connectivity index (χ0) is 20.7. The van der Waals surface area contributed by atoms with Crippen LogP contribution in [0.15, 0.2) is 18.2 Å². The number of nitrogens with zero attached hydrogens (tertiary/aromatic N) is 2. The van der Waals surface area contributed by atoms with Gasteiger partial charge in [-0.2, -0.15) is 0 Å². The first-order valence-electron chi connectivity index (χ1n) is 9.94. The molecule has 1 N–H and O–H groups in total. The highest BCUT2D eigenvalue weighted by Gasteiger charge is 2.26. The van der Waals surface area contributed by atoms with Crippen LogP contribution in [-0.2, 0) is 4.79 Å². The lowest BCUT2D eigenvalue weighted by Crippen LogP contribution is -2.44. The van der Waals surface area contributed by atoms with E-state index < -0.39 is 0 Å². The molecule has 0 radical (unpaired) electrons. The van der Waals surface area contributed by atoms with Crippen LogP contribution in [-0.4, -0.2) is 68.3 Å². The Bertz CT molecular complexity index is 654. The normalized spacial score (nSPS) is 19.8. The van der Waals surface area contributed by atoms with Crippen LogP contribution >= 0.6 is 0 Å². The third kappa shape index (κ3) is 5.89. The van der Waals surface area contributed by atoms with Crippen molar-refractivity contribution in [3.05, 3.63) is 23.8 Å². The standard InChI is InChI=1S/C22H34N2O4/c1-16-6-9-18(10-7-16)24(13-12-23(2)3)21(25)11-8-17-14-19(27-4)22(26)20(15-17)28-5/h8,11,14-16,18,26H,6-7,9-10,12-13H2,1-5H3. The Morgan fingerprint density at radius 1 is 1.11 bits per heavy atom. The van der Waals surface area contributed by atoms with Gasteiger partial charge in [0.25, 0.3) is 0 Å². The number of hydrogen-bond acceptors (Lipinski definition) is 5. The summed E-state index contributed by atoms with van der Waals surface area (Å²) in [6, 6.07) is 3.68. The Morgan fingerprint density at radius 2 is 1.68 bits per heavy atom. The molecule has 6 nitrogen and oxygen atoms in total. The Balaban J connectivity index is 2.17. The van der Waals surface area contributed by atoms with E-state index in [0.29, 0.717) is 17.5 Å². The van der Waals surface area contributed by atoms with E-state index >= 15 is 0 Å². The number of rotatable bonds is 8. The third-order valence-electron chi connectivity index (χ3n) is 5.42. The second-order valence-electron chi connectivity index (χ2n) is 7.86. The SMILES string of the molecule is COc1cc(C=CC(=O)N(CCN(C)C)C2CCC(C)CC2)cc(OC)c1O. The van der Waals surface area contributed by atoms with Crippen molar-refractivity contribution in [2.45, 2.75) is 38.6 Å². The van der Waals surface area contributed by atoms with Gasteiger partial charge in [0, 0.05) is 25.2 Å². The number of amides is 1. The number of hydrogen-bond donors (Lipinski definition) is 1. The highest BCUT2D eigenvalue weighted by molar-refractivity contribution is 5.92. The largest absolute Gasteiger partial charge is 0.502 e. The number of methoxy groups -OCH3 is 2. The topological polar surface area (TPSA) is 62.2 Å². The number of carbonyl (C=O) groups excluding carboxylic acids is 1. The zero-order valence-corrected chi connectivity index (χ0v) is 17.8. The summed E-state index contributed by atoms with van der Waals surface area (Å²) in [6.07, 6.45) is 7.84. The van der Waals surface area contributed by atoms with Gasteiger partial charge in [-0.25, -0.2) is 0 Å². The first kappa shape index (κ1) is 22.1. The highest BCUT2D eigenvalue weighted by Crippen LogP contribution is 2.37. The first-order chi connectivity index (χ1) is 13.3. The van der Waals surface area contributed by atoms with E-state index in [2.05, 4.69) is 11.8 Å². The molecule has 0 saturated heterocycles. The van der Waals surface area contributed by atoms with E-state index in [1.54, 1.807) is 24.3 Å². The molecule has 6 heteroatoms. The summed E-state index contributed by atoms with van der Waals surface area (Å²) in [7, 11) is 7.02. The molecule has 28 heavy (non-hydrogen) atoms. The average Bonchev–Trinajstić information content (AvgIpc) is 2.68. The van der Waals surface area contributed by atoms with Gasteiger partial charge < -0.3 is 24.4 Å². The van der Waals surface area contributed by atoms with Crippen LogP contribution in [0, 0.1) is 5.92 Å². The maximum Gasteiger partial charge on any atom is 0.246 e. The Hall–Kier alpha value is -2.21. The van der Waals surface area contributed by atoms with E-state index in [-0.39, 0.29) is 11.7 Å². The molecule has 2 rings (SSSR count). The zero-order valence-electron chi connectivity index (χ0n) is 17.8. The monoisotopic (exact) mass is 390 g/mol. The highest BCUT2D eigenvalue weighted by atomic mass is 16.5. The quantitative estimate of drug-likeness (QED) is 0.690. The molecule has 1 fully saturated rings. The van der Waals surface area contributed by atoms with E-state index in [1.165, 1.54) is 27.1 Å². The summed E-state index contributed by atoms with van der Waals surface area (Å²) < 4.78 is 10.4. The fourth-order valence-electron chi connectivity index (χ4n) is 3.61. The van der Waals surface area contributed by atoms with Gasteiger partial charge in [-0.15, -0.1) is 0 Å². The van der Waals surface area contributed by atoms with Crippen LogP contribution in [0.3, 0.4) is 0 Å². The van der Waals surface area contributed by atoms with Crippen LogP contribution in [0.5, 0.6) is 17.2 Å². The van der Waals surface area contributed by atoms with Gasteiger partial charge in [0.05, 0.1) is 14.2 Å². The number of aromatic hydroxyl groups is 1. The third-order valence-corrected chi connectivity index (χ3v) is 5.42. The van der Waals surface area contributed by atoms with Crippen molar-refractivity contribution >= 4 is 12.0 Å². The van der Waals surface area contributed by atoms with Crippen molar-refractivity contribution in [2.75, 3.05) is 41.4 Å². The Morgan fingerprint density at radius 3 is 2.18 bits per heavy atom. The summed E-state index contributed by atoms with van der Waals surface area (Å²) in [6.45, 7) is 3.84. The second-order valence-corrected chi connectivity index (χ2v) is 7.86. The Kier molecular flexibility index (Phi) is 8.18. The molecule has 156 valence electrons. The van der Waals surface area contributed by atoms with Crippen molar-refractivity contribution < 1.29 is 19.4 Å². The maximum absolute atomic E-state index is 13.0. The lowest BCUT2D eigenvalue weighted by molar-refractivity contribution is -0.129. The maximum atomic E-state index is 13.0. The van der Waals surface area contributed by atoms with Gasteiger partial charge in [0.15, 0.2) is 11.5 Å². The predicted octanol–water partition coefficient (Wildman–Crippen LogP) is 3.39. The summed E-state index contributed by atoms with van der Waals surface area (Å²) >= 11 is 0. The van der Waals surface area contributed by atoms with E-state index in [4.69, 9.17) is 9.47 Å². The summed E-state index contributed by atoms with van der Waals surface area (Å²) in [5.74, 6) is 1.36. The summed E-state index contributed by atoms with van der Waals surface area (Å²) in [4.78, 5) is 17.1. The van der Waals surface area contributed by atoms with Crippen LogP contribution < -0.4 is 9.47 Å².